The van der Waals surface area contributed by atoms with Crippen LogP contribution in [0.4, 0.5) is 8.78 Å². The SMILES string of the molecule is Cc1ccc(OC(F)F)c(CNC(=O)c2ccc(C(C)N)cc2)c1. The van der Waals surface area contributed by atoms with Crippen molar-refractivity contribution in [1.82, 2.24) is 5.32 Å². The fourth-order valence-corrected chi connectivity index (χ4v) is 2.27. The Balaban J connectivity index is 2.07. The van der Waals surface area contributed by atoms with E-state index in [1.807, 2.05) is 13.8 Å². The summed E-state index contributed by atoms with van der Waals surface area (Å²) in [5, 5.41) is 2.71. The summed E-state index contributed by atoms with van der Waals surface area (Å²) in [5.41, 5.74) is 8.56. The van der Waals surface area contributed by atoms with Crippen LogP contribution in [-0.4, -0.2) is 12.5 Å². The van der Waals surface area contributed by atoms with Gasteiger partial charge in [0.25, 0.3) is 5.91 Å². The molecular formula is C18H20F2N2O2. The molecule has 0 heterocycles. The van der Waals surface area contributed by atoms with Crippen LogP contribution in [0.2, 0.25) is 0 Å². The van der Waals surface area contributed by atoms with E-state index in [1.54, 1.807) is 36.4 Å². The van der Waals surface area contributed by atoms with E-state index in [4.69, 9.17) is 5.73 Å². The van der Waals surface area contributed by atoms with Gasteiger partial charge >= 0.3 is 6.61 Å². The summed E-state index contributed by atoms with van der Waals surface area (Å²) >= 11 is 0. The van der Waals surface area contributed by atoms with Gasteiger partial charge in [-0.2, -0.15) is 8.78 Å². The summed E-state index contributed by atoms with van der Waals surface area (Å²) in [6.45, 7) is 0.882. The van der Waals surface area contributed by atoms with Gasteiger partial charge in [-0.3, -0.25) is 4.79 Å². The molecule has 1 unspecified atom stereocenters. The summed E-state index contributed by atoms with van der Waals surface area (Å²) in [7, 11) is 0. The average Bonchev–Trinajstić information content (AvgIpc) is 2.54. The number of rotatable bonds is 6. The van der Waals surface area contributed by atoms with Gasteiger partial charge in [-0.05, 0) is 37.6 Å². The zero-order chi connectivity index (χ0) is 17.7. The third kappa shape index (κ3) is 4.76. The molecule has 0 radical (unpaired) electrons. The normalized spacial score (nSPS) is 12.1. The molecule has 0 bridgehead atoms. The topological polar surface area (TPSA) is 64.3 Å². The van der Waals surface area contributed by atoms with Crippen LogP contribution in [0.15, 0.2) is 42.5 Å². The van der Waals surface area contributed by atoms with E-state index >= 15 is 0 Å². The molecule has 0 aliphatic carbocycles. The highest BCUT2D eigenvalue weighted by atomic mass is 19.3. The first-order chi connectivity index (χ1) is 11.4. The van der Waals surface area contributed by atoms with Crippen LogP contribution >= 0.6 is 0 Å². The average molecular weight is 334 g/mol. The molecule has 6 heteroatoms. The van der Waals surface area contributed by atoms with Crippen LogP contribution in [0.5, 0.6) is 5.75 Å². The monoisotopic (exact) mass is 334 g/mol. The van der Waals surface area contributed by atoms with Gasteiger partial charge in [-0.15, -0.1) is 0 Å². The molecular weight excluding hydrogens is 314 g/mol. The molecule has 4 nitrogen and oxygen atoms in total. The number of benzene rings is 2. The largest absolute Gasteiger partial charge is 0.434 e. The Morgan fingerprint density at radius 3 is 2.46 bits per heavy atom. The molecule has 2 aromatic rings. The fourth-order valence-electron chi connectivity index (χ4n) is 2.27. The Labute approximate surface area is 139 Å². The van der Waals surface area contributed by atoms with Crippen molar-refractivity contribution in [3.05, 3.63) is 64.7 Å². The Bertz CT molecular complexity index is 701. The molecule has 2 rings (SSSR count). The maximum atomic E-state index is 12.4. The number of hydrogen-bond acceptors (Lipinski definition) is 3. The van der Waals surface area contributed by atoms with Crippen LogP contribution in [0.3, 0.4) is 0 Å². The second-order valence-corrected chi connectivity index (χ2v) is 5.58. The predicted octanol–water partition coefficient (Wildman–Crippen LogP) is 3.55. The summed E-state index contributed by atoms with van der Waals surface area (Å²) in [6, 6.07) is 11.7. The van der Waals surface area contributed by atoms with Crippen molar-refractivity contribution in [2.24, 2.45) is 5.73 Å². The second kappa shape index (κ2) is 7.88. The maximum Gasteiger partial charge on any atom is 0.387 e. The highest BCUT2D eigenvalue weighted by Crippen LogP contribution is 2.22. The standard InChI is InChI=1S/C18H20F2N2O2/c1-11-3-8-16(24-18(19)20)15(9-11)10-22-17(23)14-6-4-13(5-7-14)12(2)21/h3-9,12,18H,10,21H2,1-2H3,(H,22,23). The van der Waals surface area contributed by atoms with Crippen LogP contribution in [0.25, 0.3) is 0 Å². The fraction of sp³-hybridized carbons (Fsp3) is 0.278. The molecule has 0 aliphatic rings. The van der Waals surface area contributed by atoms with Crippen LogP contribution in [0.1, 0.15) is 40.0 Å². The number of ether oxygens (including phenoxy) is 1. The van der Waals surface area contributed by atoms with Crippen LogP contribution in [-0.2, 0) is 6.54 Å². The van der Waals surface area contributed by atoms with E-state index in [9.17, 15) is 13.6 Å². The van der Waals surface area contributed by atoms with Crippen molar-refractivity contribution >= 4 is 5.91 Å². The Hall–Kier alpha value is -2.47. The van der Waals surface area contributed by atoms with Crippen molar-refractivity contribution in [3.8, 4) is 5.75 Å². The number of carbonyl (C=O) groups excluding carboxylic acids is 1. The molecule has 0 saturated carbocycles. The quantitative estimate of drug-likeness (QED) is 0.849. The summed E-state index contributed by atoms with van der Waals surface area (Å²) < 4.78 is 29.4. The summed E-state index contributed by atoms with van der Waals surface area (Å²) in [6.07, 6.45) is 0. The summed E-state index contributed by atoms with van der Waals surface area (Å²) in [5.74, 6) is -0.237. The number of alkyl halides is 2. The van der Waals surface area contributed by atoms with Crippen molar-refractivity contribution in [2.45, 2.75) is 33.0 Å². The van der Waals surface area contributed by atoms with Gasteiger partial charge in [-0.1, -0.05) is 29.8 Å². The third-order valence-corrected chi connectivity index (χ3v) is 3.57. The van der Waals surface area contributed by atoms with Crippen LogP contribution in [0, 0.1) is 6.92 Å². The first-order valence-corrected chi connectivity index (χ1v) is 7.55. The van der Waals surface area contributed by atoms with E-state index in [0.717, 1.165) is 11.1 Å². The molecule has 2 aromatic carbocycles. The lowest BCUT2D eigenvalue weighted by atomic mass is 10.1. The second-order valence-electron chi connectivity index (χ2n) is 5.58. The van der Waals surface area contributed by atoms with Gasteiger partial charge in [-0.25, -0.2) is 0 Å². The lowest BCUT2D eigenvalue weighted by Gasteiger charge is -2.13. The highest BCUT2D eigenvalue weighted by Gasteiger charge is 2.12. The molecule has 0 fully saturated rings. The molecule has 24 heavy (non-hydrogen) atoms. The maximum absolute atomic E-state index is 12.4. The van der Waals surface area contributed by atoms with Gasteiger partial charge < -0.3 is 15.8 Å². The van der Waals surface area contributed by atoms with E-state index in [1.165, 1.54) is 6.07 Å². The molecule has 0 spiro atoms. The van der Waals surface area contributed by atoms with E-state index in [-0.39, 0.29) is 24.2 Å². The van der Waals surface area contributed by atoms with Gasteiger partial charge in [0.15, 0.2) is 0 Å². The highest BCUT2D eigenvalue weighted by molar-refractivity contribution is 5.94. The smallest absolute Gasteiger partial charge is 0.387 e. The number of hydrogen-bond donors (Lipinski definition) is 2. The van der Waals surface area contributed by atoms with Gasteiger partial charge in [0.1, 0.15) is 5.75 Å². The van der Waals surface area contributed by atoms with Crippen molar-refractivity contribution in [2.75, 3.05) is 0 Å². The van der Waals surface area contributed by atoms with E-state index in [0.29, 0.717) is 11.1 Å². The molecule has 128 valence electrons. The molecule has 1 amide bonds. The molecule has 1 atom stereocenters. The lowest BCUT2D eigenvalue weighted by Crippen LogP contribution is -2.23. The number of aryl methyl sites for hydroxylation is 1. The zero-order valence-corrected chi connectivity index (χ0v) is 13.6. The van der Waals surface area contributed by atoms with E-state index in [2.05, 4.69) is 10.1 Å². The molecule has 0 aromatic heterocycles. The van der Waals surface area contributed by atoms with Crippen molar-refractivity contribution in [1.29, 1.82) is 0 Å². The number of amides is 1. The number of halogens is 2. The molecule has 0 saturated heterocycles. The Morgan fingerprint density at radius 1 is 1.21 bits per heavy atom. The minimum absolute atomic E-state index is 0.0585. The van der Waals surface area contributed by atoms with Crippen molar-refractivity contribution < 1.29 is 18.3 Å². The zero-order valence-electron chi connectivity index (χ0n) is 13.6. The first kappa shape index (κ1) is 17.9. The van der Waals surface area contributed by atoms with Gasteiger partial charge in [0, 0.05) is 23.7 Å². The Kier molecular flexibility index (Phi) is 5.87. The van der Waals surface area contributed by atoms with Crippen LogP contribution < -0.4 is 15.8 Å². The predicted molar refractivity (Wildman–Crippen MR) is 88.0 cm³/mol. The molecule has 0 aliphatic heterocycles. The number of nitrogens with one attached hydrogen (secondary N) is 1. The molecule has 3 N–H and O–H groups in total. The minimum atomic E-state index is -2.91. The Morgan fingerprint density at radius 2 is 1.88 bits per heavy atom. The minimum Gasteiger partial charge on any atom is -0.434 e. The van der Waals surface area contributed by atoms with Crippen molar-refractivity contribution in [3.63, 3.8) is 0 Å². The lowest BCUT2D eigenvalue weighted by molar-refractivity contribution is -0.0504. The summed E-state index contributed by atoms with van der Waals surface area (Å²) in [4.78, 5) is 12.2. The number of nitrogens with two attached hydrogens (primary N) is 1. The number of carbonyl (C=O) groups is 1. The third-order valence-electron chi connectivity index (χ3n) is 3.57. The van der Waals surface area contributed by atoms with Gasteiger partial charge in [0.2, 0.25) is 0 Å². The first-order valence-electron chi connectivity index (χ1n) is 7.55. The van der Waals surface area contributed by atoms with Gasteiger partial charge in [0.05, 0.1) is 0 Å². The van der Waals surface area contributed by atoms with E-state index < -0.39 is 6.61 Å².